The largest absolute Gasteiger partial charge is 0.352 e. The molecule has 25 heavy (non-hydrogen) atoms. The monoisotopic (exact) mass is 367 g/mol. The van der Waals surface area contributed by atoms with Gasteiger partial charge in [0.2, 0.25) is 15.9 Å². The number of nitrogens with two attached hydrogens (primary N) is 1. The third-order valence-electron chi connectivity index (χ3n) is 5.18. The van der Waals surface area contributed by atoms with E-state index < -0.39 is 10.0 Å². The van der Waals surface area contributed by atoms with Crippen LogP contribution in [0.15, 0.2) is 29.2 Å². The number of hydrogen-bond donors (Lipinski definition) is 3. The molecule has 3 atom stereocenters. The second-order valence-corrected chi connectivity index (χ2v) is 8.62. The summed E-state index contributed by atoms with van der Waals surface area (Å²) in [5.74, 6) is 1.22. The zero-order valence-corrected chi connectivity index (χ0v) is 15.8. The molecule has 1 aromatic rings. The summed E-state index contributed by atoms with van der Waals surface area (Å²) in [6.45, 7) is 5.42. The number of benzene rings is 1. The lowest BCUT2D eigenvalue weighted by Crippen LogP contribution is -2.46. The van der Waals surface area contributed by atoms with Crippen molar-refractivity contribution in [1.29, 1.82) is 0 Å². The van der Waals surface area contributed by atoms with Crippen molar-refractivity contribution in [3.05, 3.63) is 29.8 Å². The summed E-state index contributed by atoms with van der Waals surface area (Å²) in [7, 11) is -3.65. The lowest BCUT2D eigenvalue weighted by molar-refractivity contribution is -0.121. The van der Waals surface area contributed by atoms with E-state index in [0.29, 0.717) is 24.9 Å². The van der Waals surface area contributed by atoms with Gasteiger partial charge in [-0.1, -0.05) is 38.8 Å². The number of carbonyl (C=O) groups excluding carboxylic acids is 1. The van der Waals surface area contributed by atoms with E-state index in [1.807, 2.05) is 0 Å². The summed E-state index contributed by atoms with van der Waals surface area (Å²) in [6, 6.07) is 6.77. The molecule has 1 saturated carbocycles. The molecule has 0 bridgehead atoms. The number of nitrogens with one attached hydrogen (secondary N) is 2. The molecule has 1 aromatic carbocycles. The normalized spacial score (nSPS) is 24.0. The Kier molecular flexibility index (Phi) is 6.98. The molecular formula is C18H29N3O3S. The van der Waals surface area contributed by atoms with Gasteiger partial charge >= 0.3 is 0 Å². The number of sulfonamides is 1. The first kappa shape index (κ1) is 19.9. The molecule has 0 saturated heterocycles. The summed E-state index contributed by atoms with van der Waals surface area (Å²) in [5.41, 5.74) is 0.995. The smallest absolute Gasteiger partial charge is 0.238 e. The van der Waals surface area contributed by atoms with Crippen molar-refractivity contribution in [2.45, 2.75) is 50.5 Å². The van der Waals surface area contributed by atoms with Crippen LogP contribution in [0, 0.1) is 11.8 Å². The van der Waals surface area contributed by atoms with E-state index in [4.69, 9.17) is 5.14 Å². The molecule has 0 unspecified atom stereocenters. The van der Waals surface area contributed by atoms with Crippen LogP contribution in [0.3, 0.4) is 0 Å². The summed E-state index contributed by atoms with van der Waals surface area (Å²) < 4.78 is 22.4. The fourth-order valence-corrected chi connectivity index (χ4v) is 3.84. The zero-order valence-electron chi connectivity index (χ0n) is 15.0. The van der Waals surface area contributed by atoms with Crippen molar-refractivity contribution in [3.63, 3.8) is 0 Å². The van der Waals surface area contributed by atoms with Crippen LogP contribution in [0.4, 0.5) is 0 Å². The third kappa shape index (κ3) is 6.09. The molecule has 0 aliphatic heterocycles. The van der Waals surface area contributed by atoms with Gasteiger partial charge in [-0.25, -0.2) is 13.6 Å². The van der Waals surface area contributed by atoms with E-state index in [1.165, 1.54) is 25.0 Å². The quantitative estimate of drug-likeness (QED) is 0.634. The highest BCUT2D eigenvalue weighted by Gasteiger charge is 2.27. The minimum absolute atomic E-state index is 0.0375. The Labute approximate surface area is 150 Å². The molecule has 1 aliphatic rings. The average molecular weight is 368 g/mol. The molecule has 4 N–H and O–H groups in total. The van der Waals surface area contributed by atoms with Crippen LogP contribution in [-0.4, -0.2) is 33.5 Å². The van der Waals surface area contributed by atoms with Crippen LogP contribution in [0.1, 0.15) is 38.7 Å². The molecule has 1 fully saturated rings. The molecule has 0 aromatic heterocycles. The van der Waals surface area contributed by atoms with Crippen molar-refractivity contribution in [3.8, 4) is 0 Å². The maximum absolute atomic E-state index is 12.1. The maximum Gasteiger partial charge on any atom is 0.238 e. The molecule has 0 radical (unpaired) electrons. The molecular weight excluding hydrogens is 338 g/mol. The van der Waals surface area contributed by atoms with Gasteiger partial charge in [-0.15, -0.1) is 0 Å². The van der Waals surface area contributed by atoms with E-state index >= 15 is 0 Å². The summed E-state index contributed by atoms with van der Waals surface area (Å²) >= 11 is 0. The second-order valence-electron chi connectivity index (χ2n) is 7.06. The van der Waals surface area contributed by atoms with E-state index in [0.717, 1.165) is 18.4 Å². The van der Waals surface area contributed by atoms with Crippen molar-refractivity contribution >= 4 is 15.9 Å². The maximum atomic E-state index is 12.1. The Hall–Kier alpha value is -1.44. The fourth-order valence-electron chi connectivity index (χ4n) is 3.32. The minimum Gasteiger partial charge on any atom is -0.352 e. The molecule has 1 amide bonds. The van der Waals surface area contributed by atoms with Crippen LogP contribution in [0.2, 0.25) is 0 Å². The van der Waals surface area contributed by atoms with E-state index in [-0.39, 0.29) is 16.8 Å². The number of hydrogen-bond acceptors (Lipinski definition) is 4. The zero-order chi connectivity index (χ0) is 18.4. The second kappa shape index (κ2) is 8.78. The number of carbonyl (C=O) groups is 1. The fraction of sp³-hybridized carbons (Fsp3) is 0.611. The van der Waals surface area contributed by atoms with Crippen molar-refractivity contribution in [2.24, 2.45) is 17.0 Å². The predicted molar refractivity (Wildman–Crippen MR) is 98.5 cm³/mol. The van der Waals surface area contributed by atoms with Gasteiger partial charge in [-0.2, -0.15) is 0 Å². The van der Waals surface area contributed by atoms with Gasteiger partial charge in [-0.05, 0) is 48.9 Å². The van der Waals surface area contributed by atoms with Gasteiger partial charge < -0.3 is 10.6 Å². The molecule has 0 heterocycles. The standard InChI is InChI=1S/C18H29N3O3S/c1-13-4-3-5-17(14(13)2)21-18(22)12-20-11-10-15-6-8-16(9-7-15)25(19,23)24/h6-9,13-14,17,20H,3-5,10-12H2,1-2H3,(H,21,22)(H2,19,23,24)/t13-,14-,17+/m1/s1. The van der Waals surface area contributed by atoms with Gasteiger partial charge in [0.1, 0.15) is 0 Å². The van der Waals surface area contributed by atoms with Crippen LogP contribution in [0.5, 0.6) is 0 Å². The highest BCUT2D eigenvalue weighted by atomic mass is 32.2. The Balaban J connectivity index is 1.69. The lowest BCUT2D eigenvalue weighted by Gasteiger charge is -2.34. The molecule has 140 valence electrons. The first-order valence-electron chi connectivity index (χ1n) is 8.89. The van der Waals surface area contributed by atoms with Crippen LogP contribution < -0.4 is 15.8 Å². The summed E-state index contributed by atoms with van der Waals surface area (Å²) in [6.07, 6.45) is 4.21. The Morgan fingerprint density at radius 3 is 2.52 bits per heavy atom. The van der Waals surface area contributed by atoms with Gasteiger partial charge in [-0.3, -0.25) is 4.79 Å². The molecule has 7 heteroatoms. The Morgan fingerprint density at radius 2 is 1.88 bits per heavy atom. The highest BCUT2D eigenvalue weighted by Crippen LogP contribution is 2.29. The predicted octanol–water partition coefficient (Wildman–Crippen LogP) is 1.41. The number of primary sulfonamides is 1. The highest BCUT2D eigenvalue weighted by molar-refractivity contribution is 7.89. The van der Waals surface area contributed by atoms with E-state index in [2.05, 4.69) is 24.5 Å². The van der Waals surface area contributed by atoms with Crippen LogP contribution in [0.25, 0.3) is 0 Å². The van der Waals surface area contributed by atoms with E-state index in [1.54, 1.807) is 12.1 Å². The summed E-state index contributed by atoms with van der Waals surface area (Å²) in [5, 5.41) is 11.4. The van der Waals surface area contributed by atoms with Gasteiger partial charge in [0.25, 0.3) is 0 Å². The minimum atomic E-state index is -3.65. The van der Waals surface area contributed by atoms with E-state index in [9.17, 15) is 13.2 Å². The average Bonchev–Trinajstić information content (AvgIpc) is 2.55. The molecule has 2 rings (SSSR count). The molecule has 1 aliphatic carbocycles. The Morgan fingerprint density at radius 1 is 1.20 bits per heavy atom. The first-order chi connectivity index (χ1) is 11.8. The van der Waals surface area contributed by atoms with Gasteiger partial charge in [0, 0.05) is 6.04 Å². The lowest BCUT2D eigenvalue weighted by atomic mass is 9.78. The number of rotatable bonds is 7. The SMILES string of the molecule is C[C@@H]1[C@H](C)CCC[C@@H]1NC(=O)CNCCc1ccc(S(N)(=O)=O)cc1. The van der Waals surface area contributed by atoms with Gasteiger partial charge in [0.15, 0.2) is 0 Å². The number of amides is 1. The molecule has 6 nitrogen and oxygen atoms in total. The molecule has 0 spiro atoms. The van der Waals surface area contributed by atoms with Crippen molar-refractivity contribution in [1.82, 2.24) is 10.6 Å². The first-order valence-corrected chi connectivity index (χ1v) is 10.4. The van der Waals surface area contributed by atoms with Crippen LogP contribution >= 0.6 is 0 Å². The van der Waals surface area contributed by atoms with Crippen LogP contribution in [-0.2, 0) is 21.2 Å². The summed E-state index contributed by atoms with van der Waals surface area (Å²) in [4.78, 5) is 12.2. The van der Waals surface area contributed by atoms with Crippen molar-refractivity contribution < 1.29 is 13.2 Å². The van der Waals surface area contributed by atoms with Crippen molar-refractivity contribution in [2.75, 3.05) is 13.1 Å². The third-order valence-corrected chi connectivity index (χ3v) is 6.11. The van der Waals surface area contributed by atoms with Gasteiger partial charge in [0.05, 0.1) is 11.4 Å². The Bertz CT molecular complexity index is 673. The topological polar surface area (TPSA) is 101 Å².